The number of amides is 1. The molecule has 0 bridgehead atoms. The molecule has 0 aliphatic rings. The first-order valence-electron chi connectivity index (χ1n) is 7.09. The molecule has 0 saturated carbocycles. The minimum Gasteiger partial charge on any atom is -0.467 e. The average molecular weight is 386 g/mol. The molecule has 3 aromatic rings. The Kier molecular flexibility index (Phi) is 5.76. The van der Waals surface area contributed by atoms with Crippen LogP contribution in [0.5, 0.6) is 0 Å². The fourth-order valence-electron chi connectivity index (χ4n) is 2.16. The predicted octanol–water partition coefficient (Wildman–Crippen LogP) is 4.70. The lowest BCUT2D eigenvalue weighted by Crippen LogP contribution is -2.25. The molecule has 1 aromatic carbocycles. The summed E-state index contributed by atoms with van der Waals surface area (Å²) in [5, 5.41) is 6.16. The Hall–Kier alpha value is -2.74. The summed E-state index contributed by atoms with van der Waals surface area (Å²) in [6.45, 7) is 0.0287. The van der Waals surface area contributed by atoms with Crippen LogP contribution < -0.4 is 5.32 Å². The van der Waals surface area contributed by atoms with Gasteiger partial charge in [0.15, 0.2) is 5.69 Å². The quantitative estimate of drug-likeness (QED) is 0.708. The maximum atomic E-state index is 13.0. The first-order chi connectivity index (χ1) is 11.9. The Morgan fingerprint density at radius 3 is 2.58 bits per heavy atom. The Labute approximate surface area is 152 Å². The van der Waals surface area contributed by atoms with E-state index in [9.17, 15) is 18.0 Å². The molecule has 0 spiro atoms. The van der Waals surface area contributed by atoms with Gasteiger partial charge in [-0.1, -0.05) is 31.2 Å². The first-order valence-corrected chi connectivity index (χ1v) is 7.47. The summed E-state index contributed by atoms with van der Waals surface area (Å²) >= 11 is 6.03. The summed E-state index contributed by atoms with van der Waals surface area (Å²) in [7, 11) is 0. The van der Waals surface area contributed by atoms with Crippen molar-refractivity contribution in [1.82, 2.24) is 15.1 Å². The zero-order valence-electron chi connectivity index (χ0n) is 12.5. The average Bonchev–Trinajstić information content (AvgIpc) is 3.22. The smallest absolute Gasteiger partial charge is 0.435 e. The third kappa shape index (κ3) is 4.08. The van der Waals surface area contributed by atoms with Gasteiger partial charge in [-0.3, -0.25) is 4.79 Å². The van der Waals surface area contributed by atoms with Gasteiger partial charge in [-0.15, -0.1) is 0 Å². The highest BCUT2D eigenvalue weighted by Gasteiger charge is 2.36. The van der Waals surface area contributed by atoms with Crippen molar-refractivity contribution in [3.8, 4) is 5.69 Å². The molecule has 5 nitrogen and oxygen atoms in total. The number of nitrogens with one attached hydrogen (secondary N) is 1. The van der Waals surface area contributed by atoms with Crippen molar-refractivity contribution < 1.29 is 22.4 Å². The Morgan fingerprint density at radius 2 is 1.96 bits per heavy atom. The number of benzene rings is 1. The van der Waals surface area contributed by atoms with Gasteiger partial charge >= 0.3 is 6.18 Å². The first kappa shape index (κ1) is 19.6. The van der Waals surface area contributed by atoms with E-state index in [-0.39, 0.29) is 30.4 Å². The molecule has 2 aromatic heterocycles. The SMILES string of the molecule is C.O=C(NCc1ccco1)c1cc(C(F)(F)F)nn1-c1ccccc1Cl. The van der Waals surface area contributed by atoms with Crippen LogP contribution in [0.25, 0.3) is 5.69 Å². The van der Waals surface area contributed by atoms with Crippen LogP contribution in [0.15, 0.2) is 53.1 Å². The van der Waals surface area contributed by atoms with Gasteiger partial charge in [0.05, 0.1) is 23.5 Å². The summed E-state index contributed by atoms with van der Waals surface area (Å²) in [6, 6.07) is 10.1. The number of hydrogen-bond donors (Lipinski definition) is 1. The number of rotatable bonds is 4. The van der Waals surface area contributed by atoms with E-state index in [0.717, 1.165) is 4.68 Å². The van der Waals surface area contributed by atoms with E-state index in [4.69, 9.17) is 16.0 Å². The van der Waals surface area contributed by atoms with Crippen LogP contribution in [0.4, 0.5) is 13.2 Å². The molecular weight excluding hydrogens is 371 g/mol. The maximum absolute atomic E-state index is 13.0. The molecule has 2 heterocycles. The molecule has 9 heteroatoms. The molecule has 0 fully saturated rings. The minimum absolute atomic E-state index is 0. The number of halogens is 4. The molecule has 0 atom stereocenters. The van der Waals surface area contributed by atoms with E-state index in [1.54, 1.807) is 24.3 Å². The van der Waals surface area contributed by atoms with E-state index < -0.39 is 17.8 Å². The van der Waals surface area contributed by atoms with Crippen molar-refractivity contribution in [2.75, 3.05) is 0 Å². The Bertz CT molecular complexity index is 889. The van der Waals surface area contributed by atoms with Crippen LogP contribution in [0.1, 0.15) is 29.4 Å². The lowest BCUT2D eigenvalue weighted by molar-refractivity contribution is -0.141. The van der Waals surface area contributed by atoms with Gasteiger partial charge in [0.1, 0.15) is 11.5 Å². The lowest BCUT2D eigenvalue weighted by Gasteiger charge is -2.09. The molecule has 1 N–H and O–H groups in total. The molecule has 0 unspecified atom stereocenters. The van der Waals surface area contributed by atoms with E-state index in [0.29, 0.717) is 11.8 Å². The van der Waals surface area contributed by atoms with Crippen LogP contribution in [-0.4, -0.2) is 15.7 Å². The highest BCUT2D eigenvalue weighted by molar-refractivity contribution is 6.32. The van der Waals surface area contributed by atoms with Gasteiger partial charge in [-0.2, -0.15) is 18.3 Å². The van der Waals surface area contributed by atoms with Crippen molar-refractivity contribution >= 4 is 17.5 Å². The molecule has 0 saturated heterocycles. The molecule has 1 amide bonds. The zero-order valence-corrected chi connectivity index (χ0v) is 13.3. The van der Waals surface area contributed by atoms with Crippen molar-refractivity contribution in [3.05, 3.63) is 70.9 Å². The van der Waals surface area contributed by atoms with E-state index in [1.165, 1.54) is 18.4 Å². The van der Waals surface area contributed by atoms with Crippen LogP contribution in [-0.2, 0) is 12.7 Å². The molecule has 26 heavy (non-hydrogen) atoms. The number of furan rings is 1. The molecule has 0 aliphatic carbocycles. The fraction of sp³-hybridized carbons (Fsp3) is 0.176. The van der Waals surface area contributed by atoms with Gasteiger partial charge in [-0.05, 0) is 24.3 Å². The summed E-state index contributed by atoms with van der Waals surface area (Å²) in [5.74, 6) is -0.271. The Balaban J connectivity index is 0.00000243. The minimum atomic E-state index is -4.69. The predicted molar refractivity (Wildman–Crippen MR) is 90.2 cm³/mol. The molecule has 0 radical (unpaired) electrons. The summed E-state index contributed by atoms with van der Waals surface area (Å²) in [4.78, 5) is 12.4. The number of carbonyl (C=O) groups excluding carboxylic acids is 1. The van der Waals surface area contributed by atoms with Crippen molar-refractivity contribution in [2.45, 2.75) is 20.1 Å². The topological polar surface area (TPSA) is 60.1 Å². The molecule has 0 aliphatic heterocycles. The molecule has 138 valence electrons. The van der Waals surface area contributed by atoms with Crippen LogP contribution >= 0.6 is 11.6 Å². The normalized spacial score (nSPS) is 11.1. The van der Waals surface area contributed by atoms with E-state index in [2.05, 4.69) is 10.4 Å². The third-order valence-electron chi connectivity index (χ3n) is 3.32. The highest BCUT2D eigenvalue weighted by Crippen LogP contribution is 2.30. The van der Waals surface area contributed by atoms with Crippen molar-refractivity contribution in [1.29, 1.82) is 0 Å². The zero-order chi connectivity index (χ0) is 18.0. The highest BCUT2D eigenvalue weighted by atomic mass is 35.5. The van der Waals surface area contributed by atoms with Crippen LogP contribution in [0, 0.1) is 0 Å². The summed E-state index contributed by atoms with van der Waals surface area (Å²) < 4.78 is 45.0. The van der Waals surface area contributed by atoms with Crippen molar-refractivity contribution in [3.63, 3.8) is 0 Å². The number of alkyl halides is 3. The third-order valence-corrected chi connectivity index (χ3v) is 3.64. The van der Waals surface area contributed by atoms with Crippen LogP contribution in [0.2, 0.25) is 5.02 Å². The van der Waals surface area contributed by atoms with Gasteiger partial charge in [0, 0.05) is 6.07 Å². The van der Waals surface area contributed by atoms with Crippen LogP contribution in [0.3, 0.4) is 0 Å². The van der Waals surface area contributed by atoms with Gasteiger partial charge in [0.25, 0.3) is 5.91 Å². The molecular formula is C17H15ClF3N3O2. The number of nitrogens with zero attached hydrogens (tertiary/aromatic N) is 2. The molecule has 3 rings (SSSR count). The largest absolute Gasteiger partial charge is 0.467 e. The lowest BCUT2D eigenvalue weighted by atomic mass is 10.3. The summed E-state index contributed by atoms with van der Waals surface area (Å²) in [6.07, 6.45) is -3.26. The second-order valence-corrected chi connectivity index (χ2v) is 5.45. The second kappa shape index (κ2) is 7.65. The van der Waals surface area contributed by atoms with Gasteiger partial charge < -0.3 is 9.73 Å². The van der Waals surface area contributed by atoms with Crippen molar-refractivity contribution in [2.24, 2.45) is 0 Å². The number of aromatic nitrogens is 2. The van der Waals surface area contributed by atoms with Gasteiger partial charge in [-0.25, -0.2) is 4.68 Å². The van der Waals surface area contributed by atoms with E-state index >= 15 is 0 Å². The maximum Gasteiger partial charge on any atom is 0.435 e. The fourth-order valence-corrected chi connectivity index (χ4v) is 2.38. The Morgan fingerprint density at radius 1 is 1.23 bits per heavy atom. The van der Waals surface area contributed by atoms with Gasteiger partial charge in [0.2, 0.25) is 0 Å². The monoisotopic (exact) mass is 385 g/mol. The standard InChI is InChI=1S/C16H11ClF3N3O2.CH4/c17-11-5-1-2-6-12(11)23-13(8-14(22-23)16(18,19)20)15(24)21-9-10-4-3-7-25-10;/h1-8H,9H2,(H,21,24);1H4. The number of para-hydroxylation sites is 1. The number of hydrogen-bond acceptors (Lipinski definition) is 3. The second-order valence-electron chi connectivity index (χ2n) is 5.04. The summed E-state index contributed by atoms with van der Waals surface area (Å²) in [5.41, 5.74) is -1.30. The number of carbonyl (C=O) groups is 1. The van der Waals surface area contributed by atoms with E-state index in [1.807, 2.05) is 0 Å².